The molecule has 1 aromatic heterocycles. The molecule has 0 saturated carbocycles. The molecule has 2 heterocycles. The van der Waals surface area contributed by atoms with E-state index in [9.17, 15) is 5.11 Å². The fourth-order valence-electron chi connectivity index (χ4n) is 3.36. The largest absolute Gasteiger partial charge is 0.493 e. The van der Waals surface area contributed by atoms with Crippen LogP contribution in [0.3, 0.4) is 0 Å². The maximum absolute atomic E-state index is 10.5. The van der Waals surface area contributed by atoms with Gasteiger partial charge >= 0.3 is 0 Å². The van der Waals surface area contributed by atoms with Gasteiger partial charge in [0.15, 0.2) is 11.5 Å². The Labute approximate surface area is 154 Å². The van der Waals surface area contributed by atoms with Crippen LogP contribution in [-0.2, 0) is 0 Å². The summed E-state index contributed by atoms with van der Waals surface area (Å²) in [6.07, 6.45) is 1.76. The summed E-state index contributed by atoms with van der Waals surface area (Å²) in [5.41, 5.74) is 1.16. The van der Waals surface area contributed by atoms with Crippen LogP contribution in [0.25, 0.3) is 0 Å². The molecule has 1 aliphatic rings. The summed E-state index contributed by atoms with van der Waals surface area (Å²) in [6.45, 7) is 5.63. The lowest BCUT2D eigenvalue weighted by molar-refractivity contribution is 0.0571. The minimum absolute atomic E-state index is 0.310. The second-order valence-electron chi connectivity index (χ2n) is 6.64. The maximum atomic E-state index is 10.5. The molecule has 0 spiro atoms. The minimum atomic E-state index is -0.310. The molecule has 0 bridgehead atoms. The first-order valence-corrected chi connectivity index (χ1v) is 9.76. The number of hydrogen-bond acceptors (Lipinski definition) is 5. The van der Waals surface area contributed by atoms with E-state index in [-0.39, 0.29) is 6.10 Å². The Kier molecular flexibility index (Phi) is 6.34. The van der Waals surface area contributed by atoms with E-state index in [2.05, 4.69) is 4.90 Å². The summed E-state index contributed by atoms with van der Waals surface area (Å²) in [5, 5.41) is 12.5. The van der Waals surface area contributed by atoms with Crippen LogP contribution in [0.1, 0.15) is 29.4 Å². The lowest BCUT2D eigenvalue weighted by atomic mass is 9.90. The highest BCUT2D eigenvalue weighted by molar-refractivity contribution is 7.10. The molecule has 3 rings (SSSR count). The van der Waals surface area contributed by atoms with Crippen molar-refractivity contribution in [1.82, 2.24) is 4.90 Å². The third-order valence-electron chi connectivity index (χ3n) is 4.90. The van der Waals surface area contributed by atoms with Gasteiger partial charge in [-0.25, -0.2) is 0 Å². The van der Waals surface area contributed by atoms with Crippen LogP contribution >= 0.6 is 11.3 Å². The molecule has 5 heteroatoms. The van der Waals surface area contributed by atoms with Crippen molar-refractivity contribution in [2.75, 3.05) is 33.4 Å². The van der Waals surface area contributed by atoms with E-state index in [0.717, 1.165) is 54.4 Å². The van der Waals surface area contributed by atoms with E-state index < -0.39 is 0 Å². The van der Waals surface area contributed by atoms with Crippen LogP contribution in [0, 0.1) is 12.8 Å². The molecule has 1 saturated heterocycles. The van der Waals surface area contributed by atoms with Crippen LogP contribution in [0.4, 0.5) is 0 Å². The zero-order chi connectivity index (χ0) is 17.6. The topological polar surface area (TPSA) is 41.9 Å². The van der Waals surface area contributed by atoms with Crippen molar-refractivity contribution >= 4 is 11.3 Å². The Bertz CT molecular complexity index is 651. The predicted molar refractivity (Wildman–Crippen MR) is 102 cm³/mol. The fraction of sp³-hybridized carbons (Fsp3) is 0.500. The van der Waals surface area contributed by atoms with Gasteiger partial charge in [-0.1, -0.05) is 12.1 Å². The molecule has 1 fully saturated rings. The van der Waals surface area contributed by atoms with Crippen molar-refractivity contribution in [2.24, 2.45) is 5.92 Å². The first-order valence-electron chi connectivity index (χ1n) is 8.88. The molecule has 25 heavy (non-hydrogen) atoms. The summed E-state index contributed by atoms with van der Waals surface area (Å²) in [6, 6.07) is 10.0. The zero-order valence-corrected chi connectivity index (χ0v) is 15.8. The van der Waals surface area contributed by atoms with Crippen molar-refractivity contribution in [3.05, 3.63) is 46.2 Å². The highest BCUT2D eigenvalue weighted by atomic mass is 32.1. The Morgan fingerprint density at radius 2 is 2.04 bits per heavy atom. The van der Waals surface area contributed by atoms with Crippen LogP contribution in [0.5, 0.6) is 11.5 Å². The van der Waals surface area contributed by atoms with Gasteiger partial charge in [-0.3, -0.25) is 4.90 Å². The molecular formula is C20H27NO3S. The number of nitrogens with zero attached hydrogens (tertiary/aromatic N) is 1. The number of thiophene rings is 1. The van der Waals surface area contributed by atoms with Crippen LogP contribution in [0.2, 0.25) is 0 Å². The number of aliphatic hydroxyl groups is 1. The number of piperidine rings is 1. The van der Waals surface area contributed by atoms with E-state index in [1.54, 1.807) is 18.4 Å². The molecule has 2 aromatic rings. The van der Waals surface area contributed by atoms with Gasteiger partial charge in [0.1, 0.15) is 6.61 Å². The van der Waals surface area contributed by atoms with E-state index in [1.807, 2.05) is 42.6 Å². The van der Waals surface area contributed by atoms with Gasteiger partial charge in [0.05, 0.1) is 13.2 Å². The van der Waals surface area contributed by atoms with Crippen molar-refractivity contribution in [2.45, 2.75) is 25.9 Å². The molecule has 1 aromatic carbocycles. The number of ether oxygens (including phenoxy) is 2. The van der Waals surface area contributed by atoms with E-state index in [0.29, 0.717) is 12.5 Å². The van der Waals surface area contributed by atoms with Crippen molar-refractivity contribution in [1.29, 1.82) is 0 Å². The average molecular weight is 362 g/mol. The van der Waals surface area contributed by atoms with Gasteiger partial charge in [0.25, 0.3) is 0 Å². The van der Waals surface area contributed by atoms with Crippen LogP contribution in [-0.4, -0.2) is 43.4 Å². The molecule has 1 atom stereocenters. The van der Waals surface area contributed by atoms with Crippen LogP contribution < -0.4 is 9.47 Å². The smallest absolute Gasteiger partial charge is 0.161 e. The zero-order valence-electron chi connectivity index (χ0n) is 15.0. The Morgan fingerprint density at radius 3 is 2.72 bits per heavy atom. The van der Waals surface area contributed by atoms with Gasteiger partial charge in [-0.2, -0.15) is 0 Å². The monoisotopic (exact) mass is 361 g/mol. The third kappa shape index (κ3) is 4.75. The second-order valence-corrected chi connectivity index (χ2v) is 7.62. The second kappa shape index (κ2) is 8.70. The molecule has 1 unspecified atom stereocenters. The lowest BCUT2D eigenvalue weighted by Gasteiger charge is -2.33. The van der Waals surface area contributed by atoms with Crippen molar-refractivity contribution < 1.29 is 14.6 Å². The predicted octanol–water partition coefficient (Wildman–Crippen LogP) is 3.89. The summed E-state index contributed by atoms with van der Waals surface area (Å²) in [4.78, 5) is 3.51. The summed E-state index contributed by atoms with van der Waals surface area (Å²) < 4.78 is 11.3. The highest BCUT2D eigenvalue weighted by Gasteiger charge is 2.26. The number of hydrogen-bond donors (Lipinski definition) is 1. The number of likely N-dealkylation sites (tertiary alicyclic amines) is 1. The quantitative estimate of drug-likeness (QED) is 0.812. The minimum Gasteiger partial charge on any atom is -0.493 e. The first kappa shape index (κ1) is 18.2. The number of aliphatic hydroxyl groups excluding tert-OH is 1. The maximum Gasteiger partial charge on any atom is 0.161 e. The summed E-state index contributed by atoms with van der Waals surface area (Å²) >= 11 is 1.65. The molecule has 1 N–H and O–H groups in total. The van der Waals surface area contributed by atoms with Gasteiger partial charge in [-0.05, 0) is 67.9 Å². The third-order valence-corrected chi connectivity index (χ3v) is 5.84. The van der Waals surface area contributed by atoms with Gasteiger partial charge in [0, 0.05) is 11.4 Å². The summed E-state index contributed by atoms with van der Waals surface area (Å²) in [7, 11) is 1.67. The molecule has 0 aliphatic carbocycles. The SMILES string of the molecule is COc1cc(C)ccc1OCCN1CCC(C(O)c2cccs2)CC1. The molecular weight excluding hydrogens is 334 g/mol. The Morgan fingerprint density at radius 1 is 1.24 bits per heavy atom. The van der Waals surface area contributed by atoms with E-state index in [4.69, 9.17) is 9.47 Å². The molecule has 4 nitrogen and oxygen atoms in total. The lowest BCUT2D eigenvalue weighted by Crippen LogP contribution is -2.37. The van der Waals surface area contributed by atoms with Gasteiger partial charge in [-0.15, -0.1) is 11.3 Å². The Balaban J connectivity index is 1.42. The van der Waals surface area contributed by atoms with Gasteiger partial charge in [0.2, 0.25) is 0 Å². The number of methoxy groups -OCH3 is 1. The van der Waals surface area contributed by atoms with Crippen molar-refractivity contribution in [3.8, 4) is 11.5 Å². The fourth-order valence-corrected chi connectivity index (χ4v) is 4.17. The standard InChI is InChI=1S/C20H27NO3S/c1-15-5-6-17(18(14-15)23-2)24-12-11-21-9-7-16(8-10-21)20(22)19-4-3-13-25-19/h3-6,13-14,16,20,22H,7-12H2,1-2H3. The summed E-state index contributed by atoms with van der Waals surface area (Å²) in [5.74, 6) is 1.96. The van der Waals surface area contributed by atoms with E-state index in [1.165, 1.54) is 0 Å². The number of benzene rings is 1. The molecule has 1 aliphatic heterocycles. The molecule has 136 valence electrons. The van der Waals surface area contributed by atoms with Crippen molar-refractivity contribution in [3.63, 3.8) is 0 Å². The first-order chi connectivity index (χ1) is 12.2. The number of aryl methyl sites for hydroxylation is 1. The average Bonchev–Trinajstić information content (AvgIpc) is 3.17. The highest BCUT2D eigenvalue weighted by Crippen LogP contribution is 2.33. The van der Waals surface area contributed by atoms with Gasteiger partial charge < -0.3 is 14.6 Å². The normalized spacial score (nSPS) is 17.4. The van der Waals surface area contributed by atoms with Crippen LogP contribution in [0.15, 0.2) is 35.7 Å². The Hall–Kier alpha value is -1.56. The number of rotatable bonds is 7. The van der Waals surface area contributed by atoms with E-state index >= 15 is 0 Å². The molecule has 0 radical (unpaired) electrons. The molecule has 0 amide bonds.